The van der Waals surface area contributed by atoms with E-state index in [1.165, 1.54) is 0 Å². The van der Waals surface area contributed by atoms with Gasteiger partial charge in [0.2, 0.25) is 10.0 Å². The smallest absolute Gasteiger partial charge is 0.416 e. The lowest BCUT2D eigenvalue weighted by Gasteiger charge is -2.49. The minimum atomic E-state index is -4.69. The Balaban J connectivity index is 1.55. The van der Waals surface area contributed by atoms with Crippen molar-refractivity contribution in [3.8, 4) is 5.75 Å². The van der Waals surface area contributed by atoms with Gasteiger partial charge in [0.05, 0.1) is 27.9 Å². The van der Waals surface area contributed by atoms with Crippen molar-refractivity contribution in [2.75, 3.05) is 13.2 Å². The summed E-state index contributed by atoms with van der Waals surface area (Å²) < 4.78 is 128. The van der Waals surface area contributed by atoms with Gasteiger partial charge in [-0.1, -0.05) is 0 Å². The zero-order chi connectivity index (χ0) is 26.8. The molecule has 1 aliphatic heterocycles. The molecule has 2 aliphatic carbocycles. The van der Waals surface area contributed by atoms with Crippen LogP contribution >= 0.6 is 0 Å². The van der Waals surface area contributed by atoms with Crippen LogP contribution in [-0.2, 0) is 30.8 Å². The normalized spacial score (nSPS) is 26.2. The van der Waals surface area contributed by atoms with E-state index in [9.17, 15) is 34.4 Å². The molecule has 0 bridgehead atoms. The van der Waals surface area contributed by atoms with E-state index in [4.69, 9.17) is 4.74 Å². The van der Waals surface area contributed by atoms with Crippen molar-refractivity contribution in [2.24, 2.45) is 11.8 Å². The van der Waals surface area contributed by atoms with Gasteiger partial charge in [0.25, 0.3) is 0 Å². The van der Waals surface area contributed by atoms with Crippen molar-refractivity contribution in [1.82, 2.24) is 4.72 Å². The molecule has 202 valence electrons. The minimum Gasteiger partial charge on any atom is -0.490 e. The molecule has 5 rings (SSSR count). The summed E-state index contributed by atoms with van der Waals surface area (Å²) in [5, 5.41) is -0.433. The maximum absolute atomic E-state index is 15.3. The van der Waals surface area contributed by atoms with Crippen molar-refractivity contribution in [3.63, 3.8) is 0 Å². The molecule has 37 heavy (non-hydrogen) atoms. The average Bonchev–Trinajstić information content (AvgIpc) is 3.70. The van der Waals surface area contributed by atoms with Crippen LogP contribution in [0.5, 0.6) is 5.75 Å². The third-order valence-corrected chi connectivity index (χ3v) is 12.1. The number of hydrogen-bond acceptors (Lipinski definition) is 5. The highest BCUT2D eigenvalue weighted by Crippen LogP contribution is 2.57. The summed E-state index contributed by atoms with van der Waals surface area (Å²) in [6.07, 6.45) is -3.43. The van der Waals surface area contributed by atoms with Gasteiger partial charge in [0.1, 0.15) is 10.6 Å². The number of hydrogen-bond donors (Lipinski definition) is 1. The van der Waals surface area contributed by atoms with Gasteiger partial charge in [-0.3, -0.25) is 0 Å². The lowest BCUT2D eigenvalue weighted by Crippen LogP contribution is -2.53. The number of benzene rings is 2. The van der Waals surface area contributed by atoms with E-state index in [1.807, 2.05) is 0 Å². The molecular weight excluding hydrogens is 541 g/mol. The number of alkyl halides is 3. The first-order valence-electron chi connectivity index (χ1n) is 11.8. The van der Waals surface area contributed by atoms with Crippen molar-refractivity contribution in [1.29, 1.82) is 0 Å². The van der Waals surface area contributed by atoms with Gasteiger partial charge in [0, 0.05) is 12.5 Å². The van der Waals surface area contributed by atoms with Crippen LogP contribution in [-0.4, -0.2) is 35.2 Å². The summed E-state index contributed by atoms with van der Waals surface area (Å²) in [5.74, 6) is -3.66. The first kappa shape index (κ1) is 26.4. The number of sulfonamides is 1. The standard InChI is InChI=1S/C24H24F5NO5S2/c25-19-7-8-20(26)22-21(19)23(36(31,32)17-3-1-15(2-4-17)24(27,28)29)10-9-14(11-16(23)13-35-22)12-30-37(33,34)18-5-6-18/h1-4,7-8,14,16,18,30H,5-6,9-13H2/t14-,16-,23+/m1/s1. The number of halogens is 5. The number of ether oxygens (including phenoxy) is 1. The van der Waals surface area contributed by atoms with Crippen LogP contribution in [0.15, 0.2) is 41.3 Å². The second kappa shape index (κ2) is 8.91. The maximum atomic E-state index is 15.3. The molecule has 6 nitrogen and oxygen atoms in total. The highest BCUT2D eigenvalue weighted by molar-refractivity contribution is 7.92. The van der Waals surface area contributed by atoms with Gasteiger partial charge >= 0.3 is 6.18 Å². The zero-order valence-corrected chi connectivity index (χ0v) is 21.0. The Hall–Kier alpha value is -2.25. The molecule has 3 atom stereocenters. The molecule has 2 aromatic rings. The van der Waals surface area contributed by atoms with E-state index < -0.39 is 75.4 Å². The minimum absolute atomic E-state index is 0.0598. The van der Waals surface area contributed by atoms with Crippen molar-refractivity contribution < 1.29 is 43.5 Å². The molecule has 0 spiro atoms. The molecule has 0 unspecified atom stereocenters. The summed E-state index contributed by atoms with van der Waals surface area (Å²) in [4.78, 5) is -0.449. The molecule has 0 saturated heterocycles. The fourth-order valence-corrected chi connectivity index (χ4v) is 9.38. The molecule has 0 aromatic heterocycles. The fraction of sp³-hybridized carbons (Fsp3) is 0.500. The zero-order valence-electron chi connectivity index (χ0n) is 19.4. The molecule has 2 fully saturated rings. The Bertz CT molecular complexity index is 1420. The topological polar surface area (TPSA) is 89.5 Å². The summed E-state index contributed by atoms with van der Waals surface area (Å²) in [6, 6.07) is 4.56. The van der Waals surface area contributed by atoms with Crippen LogP contribution in [0, 0.1) is 23.5 Å². The molecule has 13 heteroatoms. The first-order chi connectivity index (χ1) is 17.3. The number of sulfone groups is 1. The number of nitrogens with one attached hydrogen (secondary N) is 1. The molecule has 2 aromatic carbocycles. The van der Waals surface area contributed by atoms with Crippen LogP contribution in [0.3, 0.4) is 0 Å². The van der Waals surface area contributed by atoms with Gasteiger partial charge in [0.15, 0.2) is 21.4 Å². The summed E-state index contributed by atoms with van der Waals surface area (Å²) >= 11 is 0. The number of rotatable bonds is 6. The Morgan fingerprint density at radius 2 is 1.59 bits per heavy atom. The highest BCUT2D eigenvalue weighted by Gasteiger charge is 2.59. The lowest BCUT2D eigenvalue weighted by atomic mass is 9.69. The van der Waals surface area contributed by atoms with E-state index in [1.54, 1.807) is 0 Å². The molecule has 1 heterocycles. The third kappa shape index (κ3) is 4.42. The first-order valence-corrected chi connectivity index (χ1v) is 14.8. The van der Waals surface area contributed by atoms with E-state index >= 15 is 4.39 Å². The van der Waals surface area contributed by atoms with Gasteiger partial charge < -0.3 is 4.74 Å². The fourth-order valence-electron chi connectivity index (χ4n) is 5.55. The van der Waals surface area contributed by atoms with Crippen LogP contribution in [0.25, 0.3) is 0 Å². The quantitative estimate of drug-likeness (QED) is 0.520. The van der Waals surface area contributed by atoms with Crippen molar-refractivity contribution in [2.45, 2.75) is 53.2 Å². The Morgan fingerprint density at radius 1 is 0.946 bits per heavy atom. The molecule has 0 radical (unpaired) electrons. The summed E-state index contributed by atoms with van der Waals surface area (Å²) in [6.45, 7) is -0.219. The average molecular weight is 566 g/mol. The molecule has 1 N–H and O–H groups in total. The third-order valence-electron chi connectivity index (χ3n) is 7.62. The van der Waals surface area contributed by atoms with Crippen LogP contribution in [0.2, 0.25) is 0 Å². The Kier molecular flexibility index (Phi) is 6.35. The van der Waals surface area contributed by atoms with Gasteiger partial charge in [-0.15, -0.1) is 0 Å². The predicted octanol–water partition coefficient (Wildman–Crippen LogP) is 4.54. The summed E-state index contributed by atoms with van der Waals surface area (Å²) in [7, 11) is -8.04. The van der Waals surface area contributed by atoms with Crippen LogP contribution < -0.4 is 9.46 Å². The molecule has 0 amide bonds. The SMILES string of the molecule is O=S(=O)(NC[C@@H]1CC[C@@]2(S(=O)(=O)c3ccc(C(F)(F)F)cc3)c3c(F)ccc(F)c3OC[C@H]2C1)C1CC1. The second-order valence-corrected chi connectivity index (χ2v) is 14.1. The largest absolute Gasteiger partial charge is 0.490 e. The number of fused-ring (bicyclic) bond motifs is 3. The van der Waals surface area contributed by atoms with Crippen molar-refractivity contribution in [3.05, 3.63) is 59.2 Å². The van der Waals surface area contributed by atoms with Crippen LogP contribution in [0.1, 0.15) is 43.2 Å². The lowest BCUT2D eigenvalue weighted by molar-refractivity contribution is -0.137. The Morgan fingerprint density at radius 3 is 2.22 bits per heavy atom. The van der Waals surface area contributed by atoms with Crippen molar-refractivity contribution >= 4 is 19.9 Å². The highest BCUT2D eigenvalue weighted by atomic mass is 32.2. The van der Waals surface area contributed by atoms with Crippen LogP contribution in [0.4, 0.5) is 22.0 Å². The predicted molar refractivity (Wildman–Crippen MR) is 123 cm³/mol. The van der Waals surface area contributed by atoms with Gasteiger partial charge in [-0.25, -0.2) is 30.3 Å². The van der Waals surface area contributed by atoms with E-state index in [2.05, 4.69) is 4.72 Å². The van der Waals surface area contributed by atoms with E-state index in [-0.39, 0.29) is 38.3 Å². The van der Waals surface area contributed by atoms with Gasteiger partial charge in [-0.2, -0.15) is 13.2 Å². The molecule has 3 aliphatic rings. The molecular formula is C24H24F5NO5S2. The van der Waals surface area contributed by atoms with Gasteiger partial charge in [-0.05, 0) is 74.4 Å². The van der Waals surface area contributed by atoms with E-state index in [0.29, 0.717) is 25.0 Å². The molecule has 2 saturated carbocycles. The second-order valence-electron chi connectivity index (χ2n) is 9.89. The maximum Gasteiger partial charge on any atom is 0.416 e. The Labute approximate surface area is 211 Å². The van der Waals surface area contributed by atoms with E-state index in [0.717, 1.165) is 24.3 Å². The monoisotopic (exact) mass is 565 g/mol. The summed E-state index contributed by atoms with van der Waals surface area (Å²) in [5.41, 5.74) is -1.52.